The van der Waals surface area contributed by atoms with Crippen molar-refractivity contribution in [1.29, 1.82) is 0 Å². The standard InChI is InChI=1S/C16H21N3O2S2.ClH/c1-21-14-6-4-3-5-12(14)16-19-10-11(23-16)9-18-15(20)13(17)7-8-22-2;/h3-6,10,13H,7-9,17H2,1-2H3,(H,18,20);1H/t13-;/m0./s1. The summed E-state index contributed by atoms with van der Waals surface area (Å²) in [5.41, 5.74) is 6.80. The zero-order valence-electron chi connectivity index (χ0n) is 13.7. The molecule has 8 heteroatoms. The highest BCUT2D eigenvalue weighted by Crippen LogP contribution is 2.32. The molecule has 0 radical (unpaired) electrons. The number of nitrogens with zero attached hydrogens (tertiary/aromatic N) is 1. The minimum absolute atomic E-state index is 0. The SMILES string of the molecule is COc1ccccc1-c1ncc(CNC(=O)[C@@H](N)CCSC)s1.Cl. The van der Waals surface area contributed by atoms with Gasteiger partial charge in [-0.25, -0.2) is 4.98 Å². The highest BCUT2D eigenvalue weighted by Gasteiger charge is 2.14. The van der Waals surface area contributed by atoms with Gasteiger partial charge in [0.15, 0.2) is 0 Å². The van der Waals surface area contributed by atoms with Gasteiger partial charge in [0, 0.05) is 11.1 Å². The molecule has 3 N–H and O–H groups in total. The predicted molar refractivity (Wildman–Crippen MR) is 104 cm³/mol. The van der Waals surface area contributed by atoms with E-state index in [2.05, 4.69) is 10.3 Å². The first-order valence-electron chi connectivity index (χ1n) is 7.26. The molecule has 0 aliphatic carbocycles. The van der Waals surface area contributed by atoms with Crippen molar-refractivity contribution in [2.45, 2.75) is 19.0 Å². The van der Waals surface area contributed by atoms with Crippen LogP contribution in [0.15, 0.2) is 30.5 Å². The van der Waals surface area contributed by atoms with Crippen molar-refractivity contribution in [2.24, 2.45) is 5.73 Å². The first-order chi connectivity index (χ1) is 11.2. The molecule has 0 saturated heterocycles. The topological polar surface area (TPSA) is 77.2 Å². The van der Waals surface area contributed by atoms with Crippen molar-refractivity contribution in [3.63, 3.8) is 0 Å². The van der Waals surface area contributed by atoms with Gasteiger partial charge in [-0.3, -0.25) is 4.79 Å². The molecule has 0 fully saturated rings. The molecule has 1 aromatic heterocycles. The molecule has 132 valence electrons. The van der Waals surface area contributed by atoms with Crippen molar-refractivity contribution in [1.82, 2.24) is 10.3 Å². The summed E-state index contributed by atoms with van der Waals surface area (Å²) in [5, 5.41) is 3.74. The summed E-state index contributed by atoms with van der Waals surface area (Å²) in [4.78, 5) is 17.3. The van der Waals surface area contributed by atoms with E-state index in [0.29, 0.717) is 13.0 Å². The minimum Gasteiger partial charge on any atom is -0.496 e. The minimum atomic E-state index is -0.455. The van der Waals surface area contributed by atoms with Gasteiger partial charge in [0.2, 0.25) is 5.91 Å². The number of nitrogens with two attached hydrogens (primary N) is 1. The molecule has 1 atom stereocenters. The molecule has 1 heterocycles. The summed E-state index contributed by atoms with van der Waals surface area (Å²) >= 11 is 3.22. The number of benzene rings is 1. The normalized spacial score (nSPS) is 11.5. The molecule has 0 spiro atoms. The number of rotatable bonds is 8. The first-order valence-corrected chi connectivity index (χ1v) is 9.47. The summed E-state index contributed by atoms with van der Waals surface area (Å²) in [6.07, 6.45) is 4.46. The van der Waals surface area contributed by atoms with Gasteiger partial charge in [0.05, 0.1) is 25.3 Å². The van der Waals surface area contributed by atoms with Gasteiger partial charge in [0.1, 0.15) is 10.8 Å². The Bertz CT molecular complexity index is 652. The number of halogens is 1. The van der Waals surface area contributed by atoms with Gasteiger partial charge in [-0.2, -0.15) is 11.8 Å². The number of hydrogen-bond acceptors (Lipinski definition) is 6. The Kier molecular flexibility index (Phi) is 9.13. The third kappa shape index (κ3) is 5.66. The average molecular weight is 388 g/mol. The number of methoxy groups -OCH3 is 1. The Morgan fingerprint density at radius 1 is 1.46 bits per heavy atom. The lowest BCUT2D eigenvalue weighted by molar-refractivity contribution is -0.122. The molecular formula is C16H22ClN3O2S2. The number of hydrogen-bond donors (Lipinski definition) is 2. The highest BCUT2D eigenvalue weighted by molar-refractivity contribution is 7.98. The predicted octanol–water partition coefficient (Wildman–Crippen LogP) is 2.94. The Labute approximate surface area is 156 Å². The molecule has 0 bridgehead atoms. The lowest BCUT2D eigenvalue weighted by atomic mass is 10.2. The van der Waals surface area contributed by atoms with Crippen LogP contribution in [0, 0.1) is 0 Å². The van der Waals surface area contributed by atoms with Crippen LogP contribution in [-0.2, 0) is 11.3 Å². The molecular weight excluding hydrogens is 366 g/mol. The summed E-state index contributed by atoms with van der Waals surface area (Å²) in [7, 11) is 1.64. The second-order valence-electron chi connectivity index (χ2n) is 4.94. The molecule has 0 saturated carbocycles. The van der Waals surface area contributed by atoms with Crippen molar-refractivity contribution in [3.8, 4) is 16.3 Å². The first kappa shape index (κ1) is 20.8. The third-order valence-electron chi connectivity index (χ3n) is 3.30. The Morgan fingerprint density at radius 3 is 2.92 bits per heavy atom. The monoisotopic (exact) mass is 387 g/mol. The molecule has 1 amide bonds. The maximum absolute atomic E-state index is 11.9. The Balaban J connectivity index is 0.00000288. The third-order valence-corrected chi connectivity index (χ3v) is 4.97. The number of amides is 1. The van der Waals surface area contributed by atoms with E-state index in [0.717, 1.165) is 27.0 Å². The van der Waals surface area contributed by atoms with Crippen LogP contribution in [0.3, 0.4) is 0 Å². The van der Waals surface area contributed by atoms with Crippen LogP contribution < -0.4 is 15.8 Å². The summed E-state index contributed by atoms with van der Waals surface area (Å²) < 4.78 is 5.35. The van der Waals surface area contributed by atoms with Crippen LogP contribution in [-0.4, -0.2) is 36.1 Å². The molecule has 0 aliphatic rings. The molecule has 24 heavy (non-hydrogen) atoms. The number of carbonyl (C=O) groups is 1. The van der Waals surface area contributed by atoms with E-state index in [9.17, 15) is 4.79 Å². The van der Waals surface area contributed by atoms with Crippen molar-refractivity contribution >= 4 is 41.4 Å². The van der Waals surface area contributed by atoms with Crippen LogP contribution in [0.4, 0.5) is 0 Å². The quantitative estimate of drug-likeness (QED) is 0.728. The van der Waals surface area contributed by atoms with Gasteiger partial charge in [-0.1, -0.05) is 12.1 Å². The zero-order valence-corrected chi connectivity index (χ0v) is 16.1. The van der Waals surface area contributed by atoms with Crippen molar-refractivity contribution < 1.29 is 9.53 Å². The van der Waals surface area contributed by atoms with Gasteiger partial charge in [-0.15, -0.1) is 23.7 Å². The number of thioether (sulfide) groups is 1. The average Bonchev–Trinajstić information content (AvgIpc) is 3.06. The summed E-state index contributed by atoms with van der Waals surface area (Å²) in [5.74, 6) is 1.55. The summed E-state index contributed by atoms with van der Waals surface area (Å²) in [6.45, 7) is 0.443. The largest absolute Gasteiger partial charge is 0.496 e. The lowest BCUT2D eigenvalue weighted by Gasteiger charge is -2.10. The van der Waals surface area contributed by atoms with E-state index in [-0.39, 0.29) is 18.3 Å². The number of aromatic nitrogens is 1. The second kappa shape index (κ2) is 10.6. The van der Waals surface area contributed by atoms with E-state index >= 15 is 0 Å². The molecule has 0 unspecified atom stereocenters. The number of para-hydroxylation sites is 1. The molecule has 5 nitrogen and oxygen atoms in total. The maximum atomic E-state index is 11.9. The Morgan fingerprint density at radius 2 is 2.21 bits per heavy atom. The molecule has 2 aromatic rings. The van der Waals surface area contributed by atoms with E-state index in [1.807, 2.05) is 30.5 Å². The van der Waals surface area contributed by atoms with E-state index in [4.69, 9.17) is 10.5 Å². The van der Waals surface area contributed by atoms with Crippen molar-refractivity contribution in [3.05, 3.63) is 35.3 Å². The van der Waals surface area contributed by atoms with Gasteiger partial charge in [0.25, 0.3) is 0 Å². The van der Waals surface area contributed by atoms with Crippen LogP contribution >= 0.6 is 35.5 Å². The van der Waals surface area contributed by atoms with Crippen LogP contribution in [0.1, 0.15) is 11.3 Å². The maximum Gasteiger partial charge on any atom is 0.237 e. The fourth-order valence-corrected chi connectivity index (χ4v) is 3.39. The zero-order chi connectivity index (χ0) is 16.7. The van der Waals surface area contributed by atoms with E-state index in [1.54, 1.807) is 25.1 Å². The fourth-order valence-electron chi connectivity index (χ4n) is 2.02. The summed E-state index contributed by atoms with van der Waals surface area (Å²) in [6, 6.07) is 7.30. The van der Waals surface area contributed by atoms with E-state index in [1.165, 1.54) is 11.3 Å². The van der Waals surface area contributed by atoms with Gasteiger partial charge in [-0.05, 0) is 30.6 Å². The van der Waals surface area contributed by atoms with E-state index < -0.39 is 6.04 Å². The molecule has 0 aliphatic heterocycles. The fraction of sp³-hybridized carbons (Fsp3) is 0.375. The van der Waals surface area contributed by atoms with Gasteiger partial charge < -0.3 is 15.8 Å². The van der Waals surface area contributed by atoms with Crippen LogP contribution in [0.25, 0.3) is 10.6 Å². The lowest BCUT2D eigenvalue weighted by Crippen LogP contribution is -2.40. The van der Waals surface area contributed by atoms with Crippen LogP contribution in [0.5, 0.6) is 5.75 Å². The molecule has 1 aromatic carbocycles. The van der Waals surface area contributed by atoms with Gasteiger partial charge >= 0.3 is 0 Å². The number of nitrogens with one attached hydrogen (secondary N) is 1. The van der Waals surface area contributed by atoms with Crippen LogP contribution in [0.2, 0.25) is 0 Å². The number of thiazole rings is 1. The number of carbonyl (C=O) groups excluding carboxylic acids is 1. The molecule has 2 rings (SSSR count). The smallest absolute Gasteiger partial charge is 0.237 e. The number of ether oxygens (including phenoxy) is 1. The van der Waals surface area contributed by atoms with Crippen molar-refractivity contribution in [2.75, 3.05) is 19.1 Å². The highest BCUT2D eigenvalue weighted by atomic mass is 35.5. The Hall–Kier alpha value is -1.28. The second-order valence-corrected chi connectivity index (χ2v) is 7.04.